The molecule has 0 fully saturated rings. The highest BCUT2D eigenvalue weighted by Gasteiger charge is 2.19. The summed E-state index contributed by atoms with van der Waals surface area (Å²) in [5.74, 6) is 0. The van der Waals surface area contributed by atoms with Crippen molar-refractivity contribution in [3.63, 3.8) is 0 Å². The average Bonchev–Trinajstić information content (AvgIpc) is 3.51. The largest absolute Gasteiger partial charge is 0.394 e. The Kier molecular flexibility index (Phi) is 5.35. The van der Waals surface area contributed by atoms with Crippen molar-refractivity contribution < 1.29 is 4.79 Å². The van der Waals surface area contributed by atoms with Crippen molar-refractivity contribution in [2.24, 2.45) is 7.05 Å². The van der Waals surface area contributed by atoms with Crippen LogP contribution >= 0.6 is 11.3 Å². The van der Waals surface area contributed by atoms with E-state index in [1.165, 1.54) is 22.1 Å². The second-order valence-electron chi connectivity index (χ2n) is 7.62. The van der Waals surface area contributed by atoms with Crippen LogP contribution in [0.5, 0.6) is 0 Å². The highest BCUT2D eigenvalue weighted by atomic mass is 32.1. The molecule has 0 unspecified atom stereocenters. The normalized spacial score (nSPS) is 12.5. The lowest BCUT2D eigenvalue weighted by Crippen LogP contribution is -2.24. The lowest BCUT2D eigenvalue weighted by atomic mass is 10.1. The van der Waals surface area contributed by atoms with E-state index in [4.69, 9.17) is 4.98 Å². The van der Waals surface area contributed by atoms with Crippen LogP contribution in [0.15, 0.2) is 59.3 Å². The monoisotopic (exact) mass is 459 g/mol. The maximum Gasteiger partial charge on any atom is 0.291 e. The highest BCUT2D eigenvalue weighted by molar-refractivity contribution is 7.19. The first-order valence-corrected chi connectivity index (χ1v) is 11.2. The fourth-order valence-electron chi connectivity index (χ4n) is 4.03. The molecule has 5 rings (SSSR count). The van der Waals surface area contributed by atoms with Gasteiger partial charge in [0.05, 0.1) is 29.2 Å². The van der Waals surface area contributed by atoms with E-state index in [1.807, 2.05) is 43.1 Å². The lowest BCUT2D eigenvalue weighted by molar-refractivity contribution is -0.104. The van der Waals surface area contributed by atoms with E-state index in [0.29, 0.717) is 18.5 Å². The molecule has 0 bridgehead atoms. The molecule has 166 valence electrons. The number of benzene rings is 1. The van der Waals surface area contributed by atoms with Gasteiger partial charge in [-0.2, -0.15) is 10.2 Å². The van der Waals surface area contributed by atoms with Crippen LogP contribution in [0.1, 0.15) is 10.6 Å². The molecule has 5 aromatic rings. The molecule has 4 aromatic heterocycles. The van der Waals surface area contributed by atoms with Crippen LogP contribution in [0.2, 0.25) is 0 Å². The van der Waals surface area contributed by atoms with E-state index in [0.717, 1.165) is 49.1 Å². The number of thiazole rings is 1. The Bertz CT molecular complexity index is 1620. The smallest absolute Gasteiger partial charge is 0.291 e. The summed E-state index contributed by atoms with van der Waals surface area (Å²) in [5, 5.41) is 17.2. The predicted molar refractivity (Wildman–Crippen MR) is 129 cm³/mol. The van der Waals surface area contributed by atoms with Gasteiger partial charge in [0.2, 0.25) is 0 Å². The Morgan fingerprint density at radius 3 is 2.97 bits per heavy atom. The molecule has 2 N–H and O–H groups in total. The molecule has 0 atom stereocenters. The van der Waals surface area contributed by atoms with Gasteiger partial charge in [0.15, 0.2) is 5.65 Å². The van der Waals surface area contributed by atoms with Crippen molar-refractivity contribution in [3.05, 3.63) is 75.4 Å². The summed E-state index contributed by atoms with van der Waals surface area (Å²) in [5.41, 5.74) is 4.00. The molecule has 0 saturated heterocycles. The molecule has 33 heavy (non-hydrogen) atoms. The Hall–Kier alpha value is -4.05. The SMILES string of the molecule is CN/C=C(\C=C/C=O)Cc1nc2c(s1)c1cnn(Cc3cccc4[nH]ncc34)c(=O)c1n2C. The van der Waals surface area contributed by atoms with Gasteiger partial charge in [0.1, 0.15) is 16.8 Å². The van der Waals surface area contributed by atoms with Crippen LogP contribution in [-0.4, -0.2) is 42.9 Å². The van der Waals surface area contributed by atoms with Crippen LogP contribution in [0.3, 0.4) is 0 Å². The van der Waals surface area contributed by atoms with Crippen molar-refractivity contribution in [1.29, 1.82) is 0 Å². The van der Waals surface area contributed by atoms with Crippen LogP contribution in [0, 0.1) is 0 Å². The number of carbonyl (C=O) groups is 1. The number of fused-ring (bicyclic) bond motifs is 4. The van der Waals surface area contributed by atoms with E-state index >= 15 is 0 Å². The standard InChI is InChI=1S/C23H21N7O2S/c1-24-10-14(5-4-8-31)9-19-27-22-21(33-19)17-12-26-30(23(32)20(17)29(22)2)13-15-6-3-7-18-16(15)11-25-28-18/h3-8,10-12,24H,9,13H2,1-2H3,(H,25,28)/b5-4-,14-10+. The van der Waals surface area contributed by atoms with Crippen LogP contribution in [0.4, 0.5) is 0 Å². The molecule has 0 aliphatic carbocycles. The van der Waals surface area contributed by atoms with Crippen LogP contribution in [0.25, 0.3) is 32.2 Å². The van der Waals surface area contributed by atoms with Gasteiger partial charge in [-0.1, -0.05) is 18.2 Å². The summed E-state index contributed by atoms with van der Waals surface area (Å²) in [6.07, 6.45) is 9.89. The number of allylic oxidation sites excluding steroid dienone is 3. The second-order valence-corrected chi connectivity index (χ2v) is 8.70. The summed E-state index contributed by atoms with van der Waals surface area (Å²) in [4.78, 5) is 28.8. The third-order valence-corrected chi connectivity index (χ3v) is 6.62. The van der Waals surface area contributed by atoms with Gasteiger partial charge in [-0.25, -0.2) is 9.67 Å². The Labute approximate surface area is 192 Å². The zero-order valence-electron chi connectivity index (χ0n) is 18.1. The van der Waals surface area contributed by atoms with Crippen molar-refractivity contribution in [1.82, 2.24) is 34.8 Å². The summed E-state index contributed by atoms with van der Waals surface area (Å²) in [6, 6.07) is 5.86. The number of carbonyl (C=O) groups excluding carboxylic acids is 1. The number of aldehydes is 1. The number of aryl methyl sites for hydroxylation is 1. The molecular weight excluding hydrogens is 438 g/mol. The minimum absolute atomic E-state index is 0.160. The van der Waals surface area contributed by atoms with Gasteiger partial charge in [-0.15, -0.1) is 11.3 Å². The Balaban J connectivity index is 1.54. The first-order valence-electron chi connectivity index (χ1n) is 10.3. The lowest BCUT2D eigenvalue weighted by Gasteiger charge is -2.07. The molecule has 0 aliphatic rings. The molecule has 10 heteroatoms. The van der Waals surface area contributed by atoms with E-state index in [1.54, 1.807) is 18.5 Å². The van der Waals surface area contributed by atoms with Gasteiger partial charge >= 0.3 is 0 Å². The van der Waals surface area contributed by atoms with Gasteiger partial charge < -0.3 is 9.88 Å². The van der Waals surface area contributed by atoms with E-state index < -0.39 is 0 Å². The van der Waals surface area contributed by atoms with Crippen molar-refractivity contribution in [2.75, 3.05) is 7.05 Å². The van der Waals surface area contributed by atoms with Crippen LogP contribution in [-0.2, 0) is 24.8 Å². The number of hydrogen-bond acceptors (Lipinski definition) is 7. The molecule has 0 aliphatic heterocycles. The van der Waals surface area contributed by atoms with Crippen molar-refractivity contribution in [2.45, 2.75) is 13.0 Å². The highest BCUT2D eigenvalue weighted by Crippen LogP contribution is 2.31. The van der Waals surface area contributed by atoms with E-state index in [-0.39, 0.29) is 5.56 Å². The Morgan fingerprint density at radius 1 is 1.27 bits per heavy atom. The predicted octanol–water partition coefficient (Wildman–Crippen LogP) is 2.67. The topological polar surface area (TPSA) is 110 Å². The molecule has 0 radical (unpaired) electrons. The quantitative estimate of drug-likeness (QED) is 0.220. The number of hydrogen-bond donors (Lipinski definition) is 2. The zero-order chi connectivity index (χ0) is 22.9. The van der Waals surface area contributed by atoms with Gasteiger partial charge in [0.25, 0.3) is 5.56 Å². The minimum Gasteiger partial charge on any atom is -0.394 e. The minimum atomic E-state index is -0.160. The average molecular weight is 460 g/mol. The first-order chi connectivity index (χ1) is 16.1. The number of nitrogens with zero attached hydrogens (tertiary/aromatic N) is 5. The number of H-pyrrole nitrogens is 1. The zero-order valence-corrected chi connectivity index (χ0v) is 18.9. The maximum absolute atomic E-state index is 13.3. The third kappa shape index (κ3) is 3.64. The maximum atomic E-state index is 13.3. The number of aromatic nitrogens is 6. The fourth-order valence-corrected chi connectivity index (χ4v) is 5.17. The second kappa shape index (κ2) is 8.47. The van der Waals surface area contributed by atoms with E-state index in [2.05, 4.69) is 20.6 Å². The molecule has 9 nitrogen and oxygen atoms in total. The molecule has 1 aromatic carbocycles. The fraction of sp³-hybridized carbons (Fsp3) is 0.174. The molecule has 4 heterocycles. The van der Waals surface area contributed by atoms with Gasteiger partial charge in [0, 0.05) is 31.3 Å². The van der Waals surface area contributed by atoms with Gasteiger partial charge in [-0.3, -0.25) is 14.7 Å². The summed E-state index contributed by atoms with van der Waals surface area (Å²) in [6.45, 7) is 0.352. The molecule has 0 saturated carbocycles. The number of nitrogens with one attached hydrogen (secondary N) is 2. The summed E-state index contributed by atoms with van der Waals surface area (Å²) in [7, 11) is 3.66. The van der Waals surface area contributed by atoms with Crippen molar-refractivity contribution in [3.8, 4) is 0 Å². The molecule has 0 spiro atoms. The van der Waals surface area contributed by atoms with E-state index in [9.17, 15) is 9.59 Å². The third-order valence-electron chi connectivity index (χ3n) is 5.54. The molecule has 0 amide bonds. The van der Waals surface area contributed by atoms with Crippen molar-refractivity contribution >= 4 is 49.8 Å². The summed E-state index contributed by atoms with van der Waals surface area (Å²) >= 11 is 1.53. The first kappa shape index (κ1) is 20.8. The molecular formula is C23H21N7O2S. The number of aromatic amines is 1. The number of rotatable bonds is 7. The van der Waals surface area contributed by atoms with Crippen LogP contribution < -0.4 is 10.9 Å². The summed E-state index contributed by atoms with van der Waals surface area (Å²) < 4.78 is 4.25. The van der Waals surface area contributed by atoms with Gasteiger partial charge in [-0.05, 0) is 29.5 Å². The Morgan fingerprint density at radius 2 is 2.15 bits per heavy atom.